The number of aliphatic hydroxyl groups excluding tert-OH is 1. The van der Waals surface area contributed by atoms with Crippen molar-refractivity contribution in [2.45, 2.75) is 12.6 Å². The van der Waals surface area contributed by atoms with Gasteiger partial charge in [-0.1, -0.05) is 0 Å². The van der Waals surface area contributed by atoms with E-state index in [0.717, 1.165) is 0 Å². The van der Waals surface area contributed by atoms with Gasteiger partial charge in [0, 0.05) is 13.3 Å². The van der Waals surface area contributed by atoms with E-state index in [1.807, 2.05) is 0 Å². The number of nitrogens with one attached hydrogen (secondary N) is 2. The Labute approximate surface area is 109 Å². The number of hydrogen-bond acceptors (Lipinski definition) is 5. The molecule has 0 spiro atoms. The molecule has 0 aliphatic heterocycles. The van der Waals surface area contributed by atoms with Crippen LogP contribution in [0.3, 0.4) is 0 Å². The highest BCUT2D eigenvalue weighted by atomic mass is 16.5. The molecule has 1 rings (SSSR count). The van der Waals surface area contributed by atoms with Crippen LogP contribution in [-0.4, -0.2) is 58.4 Å². The molecule has 2 amide bonds. The first kappa shape index (κ1) is 14.9. The molecule has 0 radical (unpaired) electrons. The second-order valence-corrected chi connectivity index (χ2v) is 3.66. The standard InChI is InChI=1S/C10H16N4O5/c1-19-3-2-14-5-7(4-11-14)12-10(18)13-8(6-15)9(16)17/h4-5,8,15H,2-3,6H2,1H3,(H,16,17)(H2,12,13,18). The van der Waals surface area contributed by atoms with Crippen molar-refractivity contribution in [3.63, 3.8) is 0 Å². The van der Waals surface area contributed by atoms with E-state index in [1.54, 1.807) is 18.0 Å². The van der Waals surface area contributed by atoms with Crippen LogP contribution in [0.1, 0.15) is 0 Å². The van der Waals surface area contributed by atoms with Gasteiger partial charge in [0.05, 0.1) is 31.6 Å². The molecule has 0 aromatic carbocycles. The number of aliphatic carboxylic acids is 1. The zero-order chi connectivity index (χ0) is 14.3. The molecule has 1 unspecified atom stereocenters. The Bertz CT molecular complexity index is 433. The lowest BCUT2D eigenvalue weighted by Crippen LogP contribution is -2.45. The van der Waals surface area contributed by atoms with Gasteiger partial charge in [0.1, 0.15) is 0 Å². The normalized spacial score (nSPS) is 11.9. The summed E-state index contributed by atoms with van der Waals surface area (Å²) in [6.45, 7) is 0.336. The lowest BCUT2D eigenvalue weighted by Gasteiger charge is -2.11. The number of rotatable bonds is 7. The molecule has 1 atom stereocenters. The van der Waals surface area contributed by atoms with Crippen LogP contribution < -0.4 is 10.6 Å². The zero-order valence-corrected chi connectivity index (χ0v) is 10.4. The molecule has 19 heavy (non-hydrogen) atoms. The Hall–Kier alpha value is -2.13. The quantitative estimate of drug-likeness (QED) is 0.509. The van der Waals surface area contributed by atoms with Gasteiger partial charge in [-0.15, -0.1) is 0 Å². The van der Waals surface area contributed by atoms with Gasteiger partial charge in [-0.2, -0.15) is 5.10 Å². The minimum atomic E-state index is -1.34. The first-order valence-electron chi connectivity index (χ1n) is 5.49. The summed E-state index contributed by atoms with van der Waals surface area (Å²) in [6, 6.07) is -2.07. The highest BCUT2D eigenvalue weighted by molar-refractivity contribution is 5.92. The molecular weight excluding hydrogens is 256 g/mol. The number of aliphatic hydroxyl groups is 1. The van der Waals surface area contributed by atoms with Crippen LogP contribution in [0.15, 0.2) is 12.4 Å². The van der Waals surface area contributed by atoms with Crippen LogP contribution in [0.2, 0.25) is 0 Å². The molecule has 1 heterocycles. The second-order valence-electron chi connectivity index (χ2n) is 3.66. The fourth-order valence-corrected chi connectivity index (χ4v) is 1.25. The molecule has 4 N–H and O–H groups in total. The summed E-state index contributed by atoms with van der Waals surface area (Å²) in [6.07, 6.45) is 3.00. The van der Waals surface area contributed by atoms with Crippen molar-refractivity contribution in [1.29, 1.82) is 0 Å². The number of carbonyl (C=O) groups is 2. The fourth-order valence-electron chi connectivity index (χ4n) is 1.25. The fraction of sp³-hybridized carbons (Fsp3) is 0.500. The SMILES string of the molecule is COCCn1cc(NC(=O)NC(CO)C(=O)O)cn1. The van der Waals surface area contributed by atoms with Crippen LogP contribution in [0, 0.1) is 0 Å². The predicted molar refractivity (Wildman–Crippen MR) is 64.8 cm³/mol. The van der Waals surface area contributed by atoms with Crippen molar-refractivity contribution < 1.29 is 24.5 Å². The maximum Gasteiger partial charge on any atom is 0.328 e. The number of anilines is 1. The number of aromatic nitrogens is 2. The van der Waals surface area contributed by atoms with Crippen LogP contribution in [0.4, 0.5) is 10.5 Å². The van der Waals surface area contributed by atoms with Gasteiger partial charge >= 0.3 is 12.0 Å². The number of urea groups is 1. The van der Waals surface area contributed by atoms with Crippen LogP contribution in [-0.2, 0) is 16.1 Å². The first-order chi connectivity index (χ1) is 9.06. The van der Waals surface area contributed by atoms with E-state index in [0.29, 0.717) is 18.8 Å². The summed E-state index contributed by atoms with van der Waals surface area (Å²) in [5, 5.41) is 25.9. The predicted octanol–water partition coefficient (Wildman–Crippen LogP) is -0.903. The third-order valence-corrected chi connectivity index (χ3v) is 2.20. The van der Waals surface area contributed by atoms with Gasteiger partial charge in [-0.25, -0.2) is 9.59 Å². The zero-order valence-electron chi connectivity index (χ0n) is 10.4. The molecule has 0 fully saturated rings. The maximum absolute atomic E-state index is 11.5. The summed E-state index contributed by atoms with van der Waals surface area (Å²) in [5.74, 6) is -1.31. The number of carbonyl (C=O) groups excluding carboxylic acids is 1. The van der Waals surface area contributed by atoms with E-state index in [2.05, 4.69) is 15.7 Å². The van der Waals surface area contributed by atoms with Crippen molar-refractivity contribution in [2.24, 2.45) is 0 Å². The number of ether oxygens (including phenoxy) is 1. The number of amides is 2. The topological polar surface area (TPSA) is 126 Å². The molecule has 0 bridgehead atoms. The lowest BCUT2D eigenvalue weighted by molar-refractivity contribution is -0.140. The average Bonchev–Trinajstić information content (AvgIpc) is 2.80. The molecule has 0 aliphatic rings. The van der Waals surface area contributed by atoms with Gasteiger partial charge < -0.3 is 25.6 Å². The molecule has 1 aromatic rings. The highest BCUT2D eigenvalue weighted by Crippen LogP contribution is 2.04. The molecule has 0 saturated heterocycles. The van der Waals surface area contributed by atoms with E-state index < -0.39 is 24.6 Å². The minimum absolute atomic E-state index is 0.413. The van der Waals surface area contributed by atoms with Gasteiger partial charge in [0.25, 0.3) is 0 Å². The molecule has 106 valence electrons. The Morgan fingerprint density at radius 2 is 2.32 bits per heavy atom. The third-order valence-electron chi connectivity index (χ3n) is 2.20. The minimum Gasteiger partial charge on any atom is -0.480 e. The highest BCUT2D eigenvalue weighted by Gasteiger charge is 2.18. The summed E-state index contributed by atoms with van der Waals surface area (Å²) >= 11 is 0. The number of hydrogen-bond donors (Lipinski definition) is 4. The van der Waals surface area contributed by atoms with Crippen LogP contribution in [0.25, 0.3) is 0 Å². The van der Waals surface area contributed by atoms with E-state index in [-0.39, 0.29) is 0 Å². The van der Waals surface area contributed by atoms with Crippen molar-refractivity contribution in [2.75, 3.05) is 25.6 Å². The molecule has 1 aromatic heterocycles. The number of carboxylic acid groups (broad SMARTS) is 1. The largest absolute Gasteiger partial charge is 0.480 e. The van der Waals surface area contributed by atoms with Crippen molar-refractivity contribution in [1.82, 2.24) is 15.1 Å². The van der Waals surface area contributed by atoms with Gasteiger partial charge in [0.15, 0.2) is 6.04 Å². The number of methoxy groups -OCH3 is 1. The first-order valence-corrected chi connectivity index (χ1v) is 5.49. The van der Waals surface area contributed by atoms with Crippen LogP contribution in [0.5, 0.6) is 0 Å². The molecule has 0 saturated carbocycles. The average molecular weight is 272 g/mol. The third kappa shape index (κ3) is 4.94. The molecular formula is C10H16N4O5. The molecule has 0 aliphatic carbocycles. The smallest absolute Gasteiger partial charge is 0.328 e. The Balaban J connectivity index is 2.47. The maximum atomic E-state index is 11.5. The monoisotopic (exact) mass is 272 g/mol. The second kappa shape index (κ2) is 7.34. The van der Waals surface area contributed by atoms with Gasteiger partial charge in [-0.05, 0) is 0 Å². The number of nitrogens with zero attached hydrogens (tertiary/aromatic N) is 2. The van der Waals surface area contributed by atoms with Crippen molar-refractivity contribution in [3.05, 3.63) is 12.4 Å². The molecule has 9 heteroatoms. The van der Waals surface area contributed by atoms with E-state index >= 15 is 0 Å². The summed E-state index contributed by atoms with van der Waals surface area (Å²) in [4.78, 5) is 22.1. The van der Waals surface area contributed by atoms with Crippen LogP contribution >= 0.6 is 0 Å². The van der Waals surface area contributed by atoms with Crippen molar-refractivity contribution in [3.8, 4) is 0 Å². The van der Waals surface area contributed by atoms with E-state index in [1.165, 1.54) is 6.20 Å². The van der Waals surface area contributed by atoms with Crippen molar-refractivity contribution >= 4 is 17.7 Å². The van der Waals surface area contributed by atoms with E-state index in [4.69, 9.17) is 14.9 Å². The van der Waals surface area contributed by atoms with Gasteiger partial charge in [-0.3, -0.25) is 4.68 Å². The van der Waals surface area contributed by atoms with E-state index in [9.17, 15) is 9.59 Å². The van der Waals surface area contributed by atoms with Gasteiger partial charge in [0.2, 0.25) is 0 Å². The summed E-state index contributed by atoms with van der Waals surface area (Å²) in [7, 11) is 1.57. The Morgan fingerprint density at radius 1 is 1.58 bits per heavy atom. The summed E-state index contributed by atoms with van der Waals surface area (Å²) < 4.78 is 6.45. The Morgan fingerprint density at radius 3 is 2.89 bits per heavy atom. The lowest BCUT2D eigenvalue weighted by atomic mass is 10.3. The Kier molecular flexibility index (Phi) is 5.76. The molecule has 9 nitrogen and oxygen atoms in total. The number of carboxylic acids is 1. The summed E-state index contributed by atoms with van der Waals surface area (Å²) in [5.41, 5.74) is 0.413.